The molecule has 7 nitrogen and oxygen atoms in total. The second kappa shape index (κ2) is 5.98. The van der Waals surface area contributed by atoms with Crippen LogP contribution in [0.2, 0.25) is 0 Å². The van der Waals surface area contributed by atoms with Crippen molar-refractivity contribution in [3.63, 3.8) is 0 Å². The zero-order chi connectivity index (χ0) is 15.7. The van der Waals surface area contributed by atoms with E-state index in [4.69, 9.17) is 9.84 Å². The molecule has 1 aromatic carbocycles. The number of aliphatic imine (C=N–C) groups is 1. The number of aliphatic hydroxyl groups is 3. The Morgan fingerprint density at radius 2 is 2.05 bits per heavy atom. The third kappa shape index (κ3) is 2.55. The van der Waals surface area contributed by atoms with E-state index in [-0.39, 0.29) is 5.57 Å². The monoisotopic (exact) mass is 304 g/mol. The number of hydrogen-bond acceptors (Lipinski definition) is 7. The van der Waals surface area contributed by atoms with Gasteiger partial charge in [-0.25, -0.2) is 0 Å². The van der Waals surface area contributed by atoms with Gasteiger partial charge in [-0.3, -0.25) is 9.79 Å². The van der Waals surface area contributed by atoms with Crippen LogP contribution < -0.4 is 5.32 Å². The molecule has 0 aromatic heterocycles. The standard InChI is InChI=1S/C15H16N2O5/c18-7-11-13(20)14(21)15(22-11)12(19)8-5-16-9-3-1-2-4-10(9)17-6-8/h1-6,11,13-16,18,20-21H,7H2/t11-,13-,14-,15+/m1/s1. The number of hydrogen-bond donors (Lipinski definition) is 4. The van der Waals surface area contributed by atoms with Crippen molar-refractivity contribution in [3.05, 3.63) is 36.0 Å². The molecule has 1 aromatic rings. The molecule has 1 fully saturated rings. The van der Waals surface area contributed by atoms with E-state index in [0.29, 0.717) is 5.69 Å². The average Bonchev–Trinajstić information content (AvgIpc) is 2.72. The predicted molar refractivity (Wildman–Crippen MR) is 79.1 cm³/mol. The van der Waals surface area contributed by atoms with Crippen molar-refractivity contribution in [1.29, 1.82) is 0 Å². The Labute approximate surface area is 126 Å². The van der Waals surface area contributed by atoms with Gasteiger partial charge in [0.15, 0.2) is 5.78 Å². The molecule has 22 heavy (non-hydrogen) atoms. The van der Waals surface area contributed by atoms with Crippen LogP contribution in [0.25, 0.3) is 0 Å². The minimum Gasteiger partial charge on any atom is -0.394 e. The molecule has 2 aliphatic rings. The smallest absolute Gasteiger partial charge is 0.197 e. The van der Waals surface area contributed by atoms with E-state index < -0.39 is 36.8 Å². The minimum absolute atomic E-state index is 0.214. The molecule has 0 aliphatic carbocycles. The van der Waals surface area contributed by atoms with Crippen molar-refractivity contribution in [1.82, 2.24) is 0 Å². The van der Waals surface area contributed by atoms with E-state index >= 15 is 0 Å². The summed E-state index contributed by atoms with van der Waals surface area (Å²) in [6, 6.07) is 7.29. The van der Waals surface area contributed by atoms with Crippen LogP contribution in [0.4, 0.5) is 11.4 Å². The Morgan fingerprint density at radius 3 is 2.77 bits per heavy atom. The number of aliphatic hydroxyl groups excluding tert-OH is 3. The first-order valence-electron chi connectivity index (χ1n) is 6.88. The second-order valence-corrected chi connectivity index (χ2v) is 5.14. The summed E-state index contributed by atoms with van der Waals surface area (Å²) in [5.41, 5.74) is 1.65. The van der Waals surface area contributed by atoms with Crippen molar-refractivity contribution in [2.75, 3.05) is 11.9 Å². The molecule has 0 saturated carbocycles. The van der Waals surface area contributed by atoms with Crippen LogP contribution in [-0.2, 0) is 9.53 Å². The van der Waals surface area contributed by atoms with Crippen molar-refractivity contribution in [2.24, 2.45) is 4.99 Å². The van der Waals surface area contributed by atoms with Gasteiger partial charge in [0.2, 0.25) is 0 Å². The van der Waals surface area contributed by atoms with Gasteiger partial charge in [-0.15, -0.1) is 0 Å². The molecule has 4 N–H and O–H groups in total. The lowest BCUT2D eigenvalue weighted by Gasteiger charge is -2.13. The molecular weight excluding hydrogens is 288 g/mol. The summed E-state index contributed by atoms with van der Waals surface area (Å²) in [4.78, 5) is 16.7. The maximum Gasteiger partial charge on any atom is 0.197 e. The fourth-order valence-corrected chi connectivity index (χ4v) is 2.46. The van der Waals surface area contributed by atoms with E-state index in [1.54, 1.807) is 6.07 Å². The molecule has 116 valence electrons. The maximum absolute atomic E-state index is 12.4. The molecule has 0 bridgehead atoms. The number of rotatable bonds is 3. The van der Waals surface area contributed by atoms with Gasteiger partial charge >= 0.3 is 0 Å². The van der Waals surface area contributed by atoms with Crippen LogP contribution in [0.15, 0.2) is 41.0 Å². The van der Waals surface area contributed by atoms with Gasteiger partial charge in [-0.1, -0.05) is 12.1 Å². The number of carbonyl (C=O) groups excluding carboxylic acids is 1. The van der Waals surface area contributed by atoms with Gasteiger partial charge in [0, 0.05) is 12.4 Å². The van der Waals surface area contributed by atoms with Crippen LogP contribution in [-0.4, -0.2) is 58.3 Å². The number of nitrogens with one attached hydrogen (secondary N) is 1. The zero-order valence-corrected chi connectivity index (χ0v) is 11.6. The van der Waals surface area contributed by atoms with Crippen LogP contribution in [0, 0.1) is 0 Å². The number of ketones is 1. The van der Waals surface area contributed by atoms with Gasteiger partial charge in [-0.05, 0) is 12.1 Å². The highest BCUT2D eigenvalue weighted by Gasteiger charge is 2.46. The number of carbonyl (C=O) groups is 1. The summed E-state index contributed by atoms with van der Waals surface area (Å²) >= 11 is 0. The van der Waals surface area contributed by atoms with Crippen molar-refractivity contribution in [2.45, 2.75) is 24.4 Å². The Kier molecular flexibility index (Phi) is 4.04. The van der Waals surface area contributed by atoms with E-state index in [1.165, 1.54) is 12.4 Å². The summed E-state index contributed by atoms with van der Waals surface area (Å²) < 4.78 is 5.24. The maximum atomic E-state index is 12.4. The second-order valence-electron chi connectivity index (χ2n) is 5.14. The molecule has 0 radical (unpaired) electrons. The van der Waals surface area contributed by atoms with Crippen molar-refractivity contribution in [3.8, 4) is 0 Å². The Hall–Kier alpha value is -2.06. The first-order valence-corrected chi connectivity index (χ1v) is 6.88. The average molecular weight is 304 g/mol. The highest BCUT2D eigenvalue weighted by molar-refractivity contribution is 6.16. The molecule has 0 amide bonds. The SMILES string of the molecule is O=C(C1=CNc2ccccc2N=C1)[C@@H]1O[C@H](CO)[C@@H](O)[C@H]1O. The number of Topliss-reactive ketones (excluding diaryl/α,β-unsaturated/α-hetero) is 1. The normalized spacial score (nSPS) is 30.2. The van der Waals surface area contributed by atoms with Gasteiger partial charge < -0.3 is 25.4 Å². The van der Waals surface area contributed by atoms with Crippen LogP contribution in [0.5, 0.6) is 0 Å². The number of ether oxygens (including phenoxy) is 1. The van der Waals surface area contributed by atoms with E-state index in [0.717, 1.165) is 5.69 Å². The molecule has 4 atom stereocenters. The van der Waals surface area contributed by atoms with E-state index in [2.05, 4.69) is 10.3 Å². The lowest BCUT2D eigenvalue weighted by Crippen LogP contribution is -2.37. The molecule has 7 heteroatoms. The van der Waals surface area contributed by atoms with Crippen molar-refractivity contribution >= 4 is 23.4 Å². The molecule has 2 aliphatic heterocycles. The number of anilines is 1. The van der Waals surface area contributed by atoms with Gasteiger partial charge in [0.25, 0.3) is 0 Å². The lowest BCUT2D eigenvalue weighted by atomic mass is 10.0. The molecule has 0 spiro atoms. The van der Waals surface area contributed by atoms with E-state index in [9.17, 15) is 15.0 Å². The van der Waals surface area contributed by atoms with Gasteiger partial charge in [0.05, 0.1) is 23.6 Å². The summed E-state index contributed by atoms with van der Waals surface area (Å²) in [5, 5.41) is 31.7. The number of nitrogens with zero attached hydrogens (tertiary/aromatic N) is 1. The summed E-state index contributed by atoms with van der Waals surface area (Å²) in [7, 11) is 0. The largest absolute Gasteiger partial charge is 0.394 e. The summed E-state index contributed by atoms with van der Waals surface area (Å²) in [6.07, 6.45) is -2.02. The topological polar surface area (TPSA) is 111 Å². The Bertz CT molecular complexity index is 643. The van der Waals surface area contributed by atoms with Crippen LogP contribution in [0.1, 0.15) is 0 Å². The summed E-state index contributed by atoms with van der Waals surface area (Å²) in [6.45, 7) is -0.473. The summed E-state index contributed by atoms with van der Waals surface area (Å²) in [5.74, 6) is -0.508. The predicted octanol–water partition coefficient (Wildman–Crippen LogP) is -0.251. The zero-order valence-electron chi connectivity index (χ0n) is 11.6. The molecular formula is C15H16N2O5. The fourth-order valence-electron chi connectivity index (χ4n) is 2.46. The third-order valence-electron chi connectivity index (χ3n) is 3.72. The number of para-hydroxylation sites is 2. The number of fused-ring (bicyclic) bond motifs is 1. The number of benzene rings is 1. The molecule has 2 heterocycles. The Balaban J connectivity index is 1.81. The van der Waals surface area contributed by atoms with Crippen LogP contribution >= 0.6 is 0 Å². The Morgan fingerprint density at radius 1 is 1.27 bits per heavy atom. The lowest BCUT2D eigenvalue weighted by molar-refractivity contribution is -0.129. The third-order valence-corrected chi connectivity index (χ3v) is 3.72. The minimum atomic E-state index is -1.38. The van der Waals surface area contributed by atoms with Gasteiger partial charge in [-0.2, -0.15) is 0 Å². The van der Waals surface area contributed by atoms with E-state index in [1.807, 2.05) is 18.2 Å². The highest BCUT2D eigenvalue weighted by Crippen LogP contribution is 2.28. The molecule has 3 rings (SSSR count). The quantitative estimate of drug-likeness (QED) is 0.613. The molecule has 1 saturated heterocycles. The van der Waals surface area contributed by atoms with Crippen molar-refractivity contribution < 1.29 is 24.9 Å². The van der Waals surface area contributed by atoms with Crippen LogP contribution in [0.3, 0.4) is 0 Å². The molecule has 0 unspecified atom stereocenters. The fraction of sp³-hybridized carbons (Fsp3) is 0.333. The van der Waals surface area contributed by atoms with Gasteiger partial charge in [0.1, 0.15) is 24.4 Å². The first-order chi connectivity index (χ1) is 10.6. The highest BCUT2D eigenvalue weighted by atomic mass is 16.6. The first kappa shape index (κ1) is 14.9.